The molecule has 0 heterocycles. The normalized spacial score (nSPS) is 37.1. The first-order chi connectivity index (χ1) is 5.05. The van der Waals surface area contributed by atoms with Gasteiger partial charge in [-0.15, -0.1) is 0 Å². The Balaban J connectivity index is 2.48. The van der Waals surface area contributed by atoms with Crippen molar-refractivity contribution in [3.63, 3.8) is 0 Å². The molecule has 0 aromatic heterocycles. The molecule has 66 valence electrons. The molecule has 2 heteroatoms. The van der Waals surface area contributed by atoms with Crippen LogP contribution in [0.25, 0.3) is 0 Å². The molecule has 0 aliphatic heterocycles. The summed E-state index contributed by atoms with van der Waals surface area (Å²) >= 11 is 0. The lowest BCUT2D eigenvalue weighted by Gasteiger charge is -2.38. The van der Waals surface area contributed by atoms with E-state index in [0.717, 1.165) is 5.92 Å². The van der Waals surface area contributed by atoms with E-state index in [4.69, 9.17) is 5.84 Å². The SMILES string of the molecule is CC1CC(C)(C)CCC1NN. The second-order valence-electron chi connectivity index (χ2n) is 4.66. The Morgan fingerprint density at radius 1 is 1.45 bits per heavy atom. The van der Waals surface area contributed by atoms with Crippen LogP contribution in [0, 0.1) is 11.3 Å². The maximum Gasteiger partial charge on any atom is 0.0236 e. The van der Waals surface area contributed by atoms with Crippen molar-refractivity contribution < 1.29 is 0 Å². The molecule has 0 bridgehead atoms. The summed E-state index contributed by atoms with van der Waals surface area (Å²) in [5, 5.41) is 0. The molecule has 1 aliphatic carbocycles. The van der Waals surface area contributed by atoms with Gasteiger partial charge in [0.05, 0.1) is 0 Å². The Hall–Kier alpha value is -0.0800. The van der Waals surface area contributed by atoms with Crippen molar-refractivity contribution >= 4 is 0 Å². The van der Waals surface area contributed by atoms with E-state index in [-0.39, 0.29) is 0 Å². The Morgan fingerprint density at radius 3 is 2.55 bits per heavy atom. The van der Waals surface area contributed by atoms with Crippen LogP contribution in [-0.4, -0.2) is 6.04 Å². The molecule has 1 aliphatic rings. The average molecular weight is 156 g/mol. The highest BCUT2D eigenvalue weighted by Crippen LogP contribution is 2.38. The summed E-state index contributed by atoms with van der Waals surface area (Å²) in [7, 11) is 0. The molecule has 0 aromatic rings. The van der Waals surface area contributed by atoms with Crippen LogP contribution in [0.3, 0.4) is 0 Å². The standard InChI is InChI=1S/C9H20N2/c1-7-6-9(2,3)5-4-8(7)11-10/h7-8,11H,4-6,10H2,1-3H3. The van der Waals surface area contributed by atoms with Crippen LogP contribution in [0.2, 0.25) is 0 Å². The van der Waals surface area contributed by atoms with Gasteiger partial charge in [0.2, 0.25) is 0 Å². The summed E-state index contributed by atoms with van der Waals surface area (Å²) in [6, 6.07) is 0.544. The van der Waals surface area contributed by atoms with Crippen molar-refractivity contribution in [2.75, 3.05) is 0 Å². The topological polar surface area (TPSA) is 38.0 Å². The van der Waals surface area contributed by atoms with Crippen molar-refractivity contribution in [2.24, 2.45) is 17.2 Å². The lowest BCUT2D eigenvalue weighted by molar-refractivity contribution is 0.149. The van der Waals surface area contributed by atoms with Crippen molar-refractivity contribution in [2.45, 2.75) is 46.1 Å². The van der Waals surface area contributed by atoms with Crippen LogP contribution in [0.5, 0.6) is 0 Å². The Bertz CT molecular complexity index is 132. The Labute approximate surface area is 69.5 Å². The molecule has 2 nitrogen and oxygen atoms in total. The summed E-state index contributed by atoms with van der Waals surface area (Å²) in [5.74, 6) is 6.16. The molecular formula is C9H20N2. The predicted octanol–water partition coefficient (Wildman–Crippen LogP) is 1.66. The van der Waals surface area contributed by atoms with Gasteiger partial charge in [-0.3, -0.25) is 11.3 Å². The minimum absolute atomic E-state index is 0.534. The number of hydrazine groups is 1. The summed E-state index contributed by atoms with van der Waals surface area (Å²) in [5.41, 5.74) is 3.43. The zero-order valence-electron chi connectivity index (χ0n) is 7.85. The quantitative estimate of drug-likeness (QED) is 0.447. The molecule has 0 saturated heterocycles. The zero-order chi connectivity index (χ0) is 8.48. The fourth-order valence-corrected chi connectivity index (χ4v) is 2.19. The van der Waals surface area contributed by atoms with Gasteiger partial charge in [-0.05, 0) is 30.6 Å². The van der Waals surface area contributed by atoms with E-state index in [0.29, 0.717) is 11.5 Å². The van der Waals surface area contributed by atoms with E-state index in [9.17, 15) is 0 Å². The molecule has 1 rings (SSSR count). The average Bonchev–Trinajstić information content (AvgIpc) is 1.86. The van der Waals surface area contributed by atoms with Gasteiger partial charge in [-0.2, -0.15) is 0 Å². The molecule has 2 unspecified atom stereocenters. The van der Waals surface area contributed by atoms with Crippen LogP contribution < -0.4 is 11.3 Å². The monoisotopic (exact) mass is 156 g/mol. The van der Waals surface area contributed by atoms with E-state index in [1.54, 1.807) is 0 Å². The molecule has 3 N–H and O–H groups in total. The third kappa shape index (κ3) is 2.17. The third-order valence-electron chi connectivity index (χ3n) is 2.91. The Kier molecular flexibility index (Phi) is 2.55. The molecule has 11 heavy (non-hydrogen) atoms. The molecule has 0 aromatic carbocycles. The highest BCUT2D eigenvalue weighted by Gasteiger charge is 2.31. The van der Waals surface area contributed by atoms with E-state index in [1.807, 2.05) is 0 Å². The summed E-state index contributed by atoms with van der Waals surface area (Å²) in [4.78, 5) is 0. The first-order valence-corrected chi connectivity index (χ1v) is 4.51. The van der Waals surface area contributed by atoms with E-state index < -0.39 is 0 Å². The van der Waals surface area contributed by atoms with Gasteiger partial charge in [-0.1, -0.05) is 20.8 Å². The fraction of sp³-hybridized carbons (Fsp3) is 1.00. The highest BCUT2D eigenvalue weighted by molar-refractivity contribution is 4.85. The largest absolute Gasteiger partial charge is 0.271 e. The summed E-state index contributed by atoms with van der Waals surface area (Å²) in [6.45, 7) is 6.97. The van der Waals surface area contributed by atoms with Gasteiger partial charge in [0, 0.05) is 6.04 Å². The first-order valence-electron chi connectivity index (χ1n) is 4.51. The molecule has 0 amide bonds. The second kappa shape index (κ2) is 3.11. The maximum absolute atomic E-state index is 5.43. The van der Waals surface area contributed by atoms with Crippen LogP contribution in [0.15, 0.2) is 0 Å². The fourth-order valence-electron chi connectivity index (χ4n) is 2.19. The van der Waals surface area contributed by atoms with Gasteiger partial charge in [0.25, 0.3) is 0 Å². The maximum atomic E-state index is 5.43. The van der Waals surface area contributed by atoms with Crippen LogP contribution in [-0.2, 0) is 0 Å². The number of nitrogens with one attached hydrogen (secondary N) is 1. The lowest BCUT2D eigenvalue weighted by Crippen LogP contribution is -2.44. The van der Waals surface area contributed by atoms with Crippen LogP contribution in [0.4, 0.5) is 0 Å². The van der Waals surface area contributed by atoms with Gasteiger partial charge in [0.1, 0.15) is 0 Å². The summed E-state index contributed by atoms with van der Waals surface area (Å²) < 4.78 is 0. The van der Waals surface area contributed by atoms with Crippen molar-refractivity contribution in [1.82, 2.24) is 5.43 Å². The number of rotatable bonds is 1. The van der Waals surface area contributed by atoms with E-state index >= 15 is 0 Å². The lowest BCUT2D eigenvalue weighted by atomic mass is 9.71. The minimum Gasteiger partial charge on any atom is -0.271 e. The second-order valence-corrected chi connectivity index (χ2v) is 4.66. The van der Waals surface area contributed by atoms with Crippen molar-refractivity contribution in [3.8, 4) is 0 Å². The molecular weight excluding hydrogens is 136 g/mol. The predicted molar refractivity (Wildman–Crippen MR) is 47.9 cm³/mol. The number of hydrogen-bond acceptors (Lipinski definition) is 2. The highest BCUT2D eigenvalue weighted by atomic mass is 15.2. The van der Waals surface area contributed by atoms with Crippen molar-refractivity contribution in [3.05, 3.63) is 0 Å². The minimum atomic E-state index is 0.534. The first kappa shape index (κ1) is 9.01. The van der Waals surface area contributed by atoms with Crippen LogP contribution >= 0.6 is 0 Å². The smallest absolute Gasteiger partial charge is 0.0236 e. The van der Waals surface area contributed by atoms with Crippen LogP contribution in [0.1, 0.15) is 40.0 Å². The van der Waals surface area contributed by atoms with Crippen molar-refractivity contribution in [1.29, 1.82) is 0 Å². The van der Waals surface area contributed by atoms with Gasteiger partial charge < -0.3 is 0 Å². The molecule has 0 spiro atoms. The number of hydrogen-bond donors (Lipinski definition) is 2. The third-order valence-corrected chi connectivity index (χ3v) is 2.91. The molecule has 0 radical (unpaired) electrons. The van der Waals surface area contributed by atoms with Gasteiger partial charge >= 0.3 is 0 Å². The summed E-state index contributed by atoms with van der Waals surface area (Å²) in [6.07, 6.45) is 3.82. The van der Waals surface area contributed by atoms with E-state index in [1.165, 1.54) is 19.3 Å². The molecule has 2 atom stereocenters. The van der Waals surface area contributed by atoms with E-state index in [2.05, 4.69) is 26.2 Å². The van der Waals surface area contributed by atoms with Gasteiger partial charge in [0.15, 0.2) is 0 Å². The Morgan fingerprint density at radius 2 is 2.09 bits per heavy atom. The zero-order valence-corrected chi connectivity index (χ0v) is 7.85. The van der Waals surface area contributed by atoms with Gasteiger partial charge in [-0.25, -0.2) is 0 Å². The number of nitrogens with two attached hydrogens (primary N) is 1. The molecule has 1 saturated carbocycles. The molecule has 1 fully saturated rings.